The summed E-state index contributed by atoms with van der Waals surface area (Å²) < 4.78 is 5.98. The van der Waals surface area contributed by atoms with Gasteiger partial charge in [0.1, 0.15) is 5.75 Å². The molecular formula is C18H27NO2. The topological polar surface area (TPSA) is 29.5 Å². The van der Waals surface area contributed by atoms with Crippen LogP contribution in [-0.4, -0.2) is 30.0 Å². The van der Waals surface area contributed by atoms with Crippen LogP contribution in [0.15, 0.2) is 24.3 Å². The first-order valence-corrected chi connectivity index (χ1v) is 8.12. The SMILES string of the molecule is CC[C@H](Oc1ccccc1C)C(=O)N(C)C1CCCCC1. The van der Waals surface area contributed by atoms with Gasteiger partial charge in [0.05, 0.1) is 0 Å². The predicted octanol–water partition coefficient (Wildman–Crippen LogP) is 3.94. The van der Waals surface area contributed by atoms with Crippen molar-refractivity contribution in [2.45, 2.75) is 64.5 Å². The van der Waals surface area contributed by atoms with Crippen molar-refractivity contribution in [2.75, 3.05) is 7.05 Å². The number of carbonyl (C=O) groups is 1. The minimum absolute atomic E-state index is 0.118. The van der Waals surface area contributed by atoms with Gasteiger partial charge in [-0.05, 0) is 37.8 Å². The minimum atomic E-state index is -0.377. The molecule has 0 heterocycles. The van der Waals surface area contributed by atoms with Crippen molar-refractivity contribution in [1.82, 2.24) is 4.90 Å². The molecule has 1 aromatic carbocycles. The van der Waals surface area contributed by atoms with Crippen LogP contribution in [0, 0.1) is 6.92 Å². The lowest BCUT2D eigenvalue weighted by Crippen LogP contribution is -2.45. The molecule has 1 fully saturated rings. The Hall–Kier alpha value is -1.51. The molecule has 0 radical (unpaired) electrons. The van der Waals surface area contributed by atoms with Crippen LogP contribution >= 0.6 is 0 Å². The second-order valence-corrected chi connectivity index (χ2v) is 6.02. The summed E-state index contributed by atoms with van der Waals surface area (Å²) in [6, 6.07) is 8.27. The van der Waals surface area contributed by atoms with Crippen molar-refractivity contribution in [3.63, 3.8) is 0 Å². The van der Waals surface area contributed by atoms with E-state index < -0.39 is 0 Å². The Balaban J connectivity index is 2.02. The molecule has 0 spiro atoms. The largest absolute Gasteiger partial charge is 0.480 e. The van der Waals surface area contributed by atoms with E-state index in [0.717, 1.165) is 24.2 Å². The molecule has 0 aliphatic heterocycles. The van der Waals surface area contributed by atoms with Crippen molar-refractivity contribution in [2.24, 2.45) is 0 Å². The zero-order valence-electron chi connectivity index (χ0n) is 13.5. The van der Waals surface area contributed by atoms with Gasteiger partial charge in [-0.3, -0.25) is 4.79 Å². The molecule has 1 aromatic rings. The van der Waals surface area contributed by atoms with Crippen molar-refractivity contribution < 1.29 is 9.53 Å². The lowest BCUT2D eigenvalue weighted by atomic mass is 9.94. The standard InChI is InChI=1S/C18H27NO2/c1-4-16(21-17-13-9-8-10-14(17)2)18(20)19(3)15-11-6-5-7-12-15/h8-10,13,15-16H,4-7,11-12H2,1-3H3/t16-/m0/s1. The van der Waals surface area contributed by atoms with Gasteiger partial charge in [0, 0.05) is 13.1 Å². The summed E-state index contributed by atoms with van der Waals surface area (Å²) in [5.41, 5.74) is 1.07. The predicted molar refractivity (Wildman–Crippen MR) is 85.5 cm³/mol. The average molecular weight is 289 g/mol. The maximum Gasteiger partial charge on any atom is 0.263 e. The van der Waals surface area contributed by atoms with Crippen LogP contribution in [0.3, 0.4) is 0 Å². The van der Waals surface area contributed by atoms with E-state index in [1.54, 1.807) is 0 Å². The zero-order valence-corrected chi connectivity index (χ0v) is 13.5. The molecule has 3 heteroatoms. The molecule has 1 amide bonds. The quantitative estimate of drug-likeness (QED) is 0.821. The van der Waals surface area contributed by atoms with Crippen molar-refractivity contribution in [3.8, 4) is 5.75 Å². The molecule has 0 bridgehead atoms. The normalized spacial score (nSPS) is 17.3. The van der Waals surface area contributed by atoms with E-state index in [-0.39, 0.29) is 12.0 Å². The summed E-state index contributed by atoms with van der Waals surface area (Å²) in [6.45, 7) is 4.02. The van der Waals surface area contributed by atoms with E-state index in [1.165, 1.54) is 19.3 Å². The smallest absolute Gasteiger partial charge is 0.263 e. The van der Waals surface area contributed by atoms with Gasteiger partial charge in [0.15, 0.2) is 6.10 Å². The number of amides is 1. The van der Waals surface area contributed by atoms with Gasteiger partial charge in [-0.15, -0.1) is 0 Å². The van der Waals surface area contributed by atoms with Crippen molar-refractivity contribution in [3.05, 3.63) is 29.8 Å². The Morgan fingerprint density at radius 1 is 1.29 bits per heavy atom. The van der Waals surface area contributed by atoms with Crippen LogP contribution in [0.1, 0.15) is 51.0 Å². The fraction of sp³-hybridized carbons (Fsp3) is 0.611. The van der Waals surface area contributed by atoms with E-state index >= 15 is 0 Å². The van der Waals surface area contributed by atoms with Crippen molar-refractivity contribution in [1.29, 1.82) is 0 Å². The molecule has 0 saturated heterocycles. The Labute approximate surface area is 128 Å². The van der Waals surface area contributed by atoms with E-state index in [9.17, 15) is 4.79 Å². The highest BCUT2D eigenvalue weighted by molar-refractivity contribution is 5.81. The first kappa shape index (κ1) is 15.9. The fourth-order valence-corrected chi connectivity index (χ4v) is 3.03. The molecule has 1 aliphatic rings. The fourth-order valence-electron chi connectivity index (χ4n) is 3.03. The number of hydrogen-bond donors (Lipinski definition) is 0. The van der Waals surface area contributed by atoms with Gasteiger partial charge in [-0.2, -0.15) is 0 Å². The van der Waals surface area contributed by atoms with Crippen LogP contribution in [0.5, 0.6) is 5.75 Å². The van der Waals surface area contributed by atoms with Crippen LogP contribution in [0.25, 0.3) is 0 Å². The third kappa shape index (κ3) is 3.99. The molecular weight excluding hydrogens is 262 g/mol. The number of rotatable bonds is 5. The first-order chi connectivity index (χ1) is 10.1. The number of benzene rings is 1. The molecule has 116 valence electrons. The minimum Gasteiger partial charge on any atom is -0.480 e. The number of nitrogens with zero attached hydrogens (tertiary/aromatic N) is 1. The number of ether oxygens (including phenoxy) is 1. The molecule has 2 rings (SSSR count). The number of likely N-dealkylation sites (N-methyl/N-ethyl adjacent to an activating group) is 1. The van der Waals surface area contributed by atoms with Crippen LogP contribution in [0.4, 0.5) is 0 Å². The summed E-state index contributed by atoms with van der Waals surface area (Å²) in [7, 11) is 1.93. The average Bonchev–Trinajstić information content (AvgIpc) is 2.53. The summed E-state index contributed by atoms with van der Waals surface area (Å²) >= 11 is 0. The van der Waals surface area contributed by atoms with Crippen LogP contribution in [-0.2, 0) is 4.79 Å². The molecule has 1 saturated carbocycles. The van der Waals surface area contributed by atoms with E-state index in [4.69, 9.17) is 4.74 Å². The number of hydrogen-bond acceptors (Lipinski definition) is 2. The van der Waals surface area contributed by atoms with E-state index in [1.807, 2.05) is 50.1 Å². The van der Waals surface area contributed by atoms with Gasteiger partial charge in [0.25, 0.3) is 5.91 Å². The Bertz CT molecular complexity index is 466. The molecule has 1 atom stereocenters. The Kier molecular flexibility index (Phi) is 5.66. The molecule has 1 aliphatic carbocycles. The zero-order chi connectivity index (χ0) is 15.2. The summed E-state index contributed by atoms with van der Waals surface area (Å²) in [6.07, 6.45) is 6.35. The van der Waals surface area contributed by atoms with Gasteiger partial charge >= 0.3 is 0 Å². The number of aryl methyl sites for hydroxylation is 1. The third-order valence-corrected chi connectivity index (χ3v) is 4.48. The Morgan fingerprint density at radius 3 is 2.57 bits per heavy atom. The molecule has 0 N–H and O–H groups in total. The van der Waals surface area contributed by atoms with Gasteiger partial charge in [-0.1, -0.05) is 44.4 Å². The highest BCUT2D eigenvalue weighted by atomic mass is 16.5. The molecule has 3 nitrogen and oxygen atoms in total. The Morgan fingerprint density at radius 2 is 1.95 bits per heavy atom. The first-order valence-electron chi connectivity index (χ1n) is 8.12. The highest BCUT2D eigenvalue weighted by Crippen LogP contribution is 2.24. The van der Waals surface area contributed by atoms with Crippen LogP contribution in [0.2, 0.25) is 0 Å². The maximum absolute atomic E-state index is 12.7. The third-order valence-electron chi connectivity index (χ3n) is 4.48. The summed E-state index contributed by atoms with van der Waals surface area (Å²) in [5, 5.41) is 0. The van der Waals surface area contributed by atoms with E-state index in [2.05, 4.69) is 0 Å². The monoisotopic (exact) mass is 289 g/mol. The lowest BCUT2D eigenvalue weighted by Gasteiger charge is -2.33. The summed E-state index contributed by atoms with van der Waals surface area (Å²) in [5.74, 6) is 0.933. The van der Waals surface area contributed by atoms with Gasteiger partial charge in [0.2, 0.25) is 0 Å². The number of para-hydroxylation sites is 1. The lowest BCUT2D eigenvalue weighted by molar-refractivity contribution is -0.140. The maximum atomic E-state index is 12.7. The van der Waals surface area contributed by atoms with Crippen LogP contribution < -0.4 is 4.74 Å². The molecule has 21 heavy (non-hydrogen) atoms. The highest BCUT2D eigenvalue weighted by Gasteiger charge is 2.28. The van der Waals surface area contributed by atoms with Gasteiger partial charge < -0.3 is 9.64 Å². The second-order valence-electron chi connectivity index (χ2n) is 6.02. The molecule has 0 aromatic heterocycles. The van der Waals surface area contributed by atoms with Gasteiger partial charge in [-0.25, -0.2) is 0 Å². The molecule has 0 unspecified atom stereocenters. The van der Waals surface area contributed by atoms with Crippen molar-refractivity contribution >= 4 is 5.91 Å². The second kappa shape index (κ2) is 7.48. The summed E-state index contributed by atoms with van der Waals surface area (Å²) in [4.78, 5) is 14.6. The van der Waals surface area contributed by atoms with E-state index in [0.29, 0.717) is 12.5 Å². The number of carbonyl (C=O) groups excluding carboxylic acids is 1.